The molecule has 2 rings (SSSR count). The minimum Gasteiger partial charge on any atom is -0.389 e. The highest BCUT2D eigenvalue weighted by molar-refractivity contribution is 7.80. The SMILES string of the molecule is Cc1cc(C)c(C(N)=S)c(NCC2CCCOC2)n1. The summed E-state index contributed by atoms with van der Waals surface area (Å²) in [6, 6.07) is 2.00. The number of aryl methyl sites for hydroxylation is 2. The van der Waals surface area contributed by atoms with Crippen LogP contribution in [-0.4, -0.2) is 29.7 Å². The normalized spacial score (nSPS) is 19.2. The van der Waals surface area contributed by atoms with Crippen LogP contribution in [0.15, 0.2) is 6.07 Å². The molecule has 0 spiro atoms. The van der Waals surface area contributed by atoms with Gasteiger partial charge in [-0.25, -0.2) is 4.98 Å². The van der Waals surface area contributed by atoms with Gasteiger partial charge in [0, 0.05) is 18.8 Å². The summed E-state index contributed by atoms with van der Waals surface area (Å²) in [5.41, 5.74) is 8.70. The van der Waals surface area contributed by atoms with Gasteiger partial charge in [0.25, 0.3) is 0 Å². The summed E-state index contributed by atoms with van der Waals surface area (Å²) in [5.74, 6) is 1.34. The first-order valence-corrected chi connectivity index (χ1v) is 7.08. The van der Waals surface area contributed by atoms with Crippen LogP contribution >= 0.6 is 12.2 Å². The number of hydrogen-bond acceptors (Lipinski definition) is 4. The van der Waals surface area contributed by atoms with Gasteiger partial charge in [-0.15, -0.1) is 0 Å². The molecule has 0 bridgehead atoms. The van der Waals surface area contributed by atoms with Crippen molar-refractivity contribution in [2.75, 3.05) is 25.1 Å². The average Bonchev–Trinajstić information content (AvgIpc) is 2.36. The Bertz CT molecular complexity index is 470. The highest BCUT2D eigenvalue weighted by atomic mass is 32.1. The maximum absolute atomic E-state index is 5.80. The zero-order valence-corrected chi connectivity index (χ0v) is 12.3. The zero-order chi connectivity index (χ0) is 13.8. The van der Waals surface area contributed by atoms with Crippen molar-refractivity contribution in [2.24, 2.45) is 11.7 Å². The lowest BCUT2D eigenvalue weighted by atomic mass is 10.0. The molecular formula is C14H21N3OS. The number of rotatable bonds is 4. The summed E-state index contributed by atoms with van der Waals surface area (Å²) in [6.07, 6.45) is 2.33. The van der Waals surface area contributed by atoms with E-state index in [-0.39, 0.29) is 0 Å². The van der Waals surface area contributed by atoms with Crippen LogP contribution in [0.1, 0.15) is 29.7 Å². The van der Waals surface area contributed by atoms with Crippen LogP contribution in [0.4, 0.5) is 5.82 Å². The first-order chi connectivity index (χ1) is 9.08. The molecule has 1 saturated heterocycles. The third kappa shape index (κ3) is 3.64. The largest absolute Gasteiger partial charge is 0.389 e. The summed E-state index contributed by atoms with van der Waals surface area (Å²) in [5, 5.41) is 3.39. The molecule has 1 aromatic rings. The molecule has 0 amide bonds. The number of nitrogens with one attached hydrogen (secondary N) is 1. The van der Waals surface area contributed by atoms with Crippen LogP contribution in [0.2, 0.25) is 0 Å². The summed E-state index contributed by atoms with van der Waals surface area (Å²) in [7, 11) is 0. The van der Waals surface area contributed by atoms with E-state index in [4.69, 9.17) is 22.7 Å². The fourth-order valence-electron chi connectivity index (χ4n) is 2.49. The van der Waals surface area contributed by atoms with E-state index in [1.807, 2.05) is 19.9 Å². The molecular weight excluding hydrogens is 258 g/mol. The summed E-state index contributed by atoms with van der Waals surface area (Å²) in [6.45, 7) is 6.55. The van der Waals surface area contributed by atoms with Crippen molar-refractivity contribution in [2.45, 2.75) is 26.7 Å². The van der Waals surface area contributed by atoms with Crippen molar-refractivity contribution >= 4 is 23.0 Å². The Morgan fingerprint density at radius 1 is 1.58 bits per heavy atom. The Morgan fingerprint density at radius 2 is 2.37 bits per heavy atom. The lowest BCUT2D eigenvalue weighted by Crippen LogP contribution is -2.26. The minimum absolute atomic E-state index is 0.396. The number of nitrogens with zero attached hydrogens (tertiary/aromatic N) is 1. The van der Waals surface area contributed by atoms with Crippen molar-refractivity contribution in [3.8, 4) is 0 Å². The van der Waals surface area contributed by atoms with E-state index in [0.717, 1.165) is 48.8 Å². The second-order valence-electron chi connectivity index (χ2n) is 5.13. The fraction of sp³-hybridized carbons (Fsp3) is 0.571. The Hall–Kier alpha value is -1.20. The van der Waals surface area contributed by atoms with Crippen molar-refractivity contribution in [1.82, 2.24) is 4.98 Å². The molecule has 4 nitrogen and oxygen atoms in total. The molecule has 1 unspecified atom stereocenters. The van der Waals surface area contributed by atoms with Crippen LogP contribution in [0.3, 0.4) is 0 Å². The van der Waals surface area contributed by atoms with Gasteiger partial charge in [-0.05, 0) is 44.2 Å². The van der Waals surface area contributed by atoms with E-state index < -0.39 is 0 Å². The van der Waals surface area contributed by atoms with Gasteiger partial charge >= 0.3 is 0 Å². The highest BCUT2D eigenvalue weighted by Gasteiger charge is 2.16. The third-order valence-corrected chi connectivity index (χ3v) is 3.61. The van der Waals surface area contributed by atoms with E-state index in [2.05, 4.69) is 10.3 Å². The van der Waals surface area contributed by atoms with Crippen LogP contribution < -0.4 is 11.1 Å². The third-order valence-electron chi connectivity index (χ3n) is 3.40. The van der Waals surface area contributed by atoms with Gasteiger partial charge in [-0.2, -0.15) is 0 Å². The van der Waals surface area contributed by atoms with Gasteiger partial charge in [0.1, 0.15) is 10.8 Å². The lowest BCUT2D eigenvalue weighted by molar-refractivity contribution is 0.0595. The van der Waals surface area contributed by atoms with Gasteiger partial charge in [-0.1, -0.05) is 12.2 Å². The van der Waals surface area contributed by atoms with E-state index in [1.54, 1.807) is 0 Å². The number of ether oxygens (including phenoxy) is 1. The second-order valence-corrected chi connectivity index (χ2v) is 5.57. The maximum atomic E-state index is 5.80. The standard InChI is InChI=1S/C14H21N3OS/c1-9-6-10(2)17-14(12(9)13(15)19)16-7-11-4-3-5-18-8-11/h6,11H,3-5,7-8H2,1-2H3,(H2,15,19)(H,16,17). The molecule has 5 heteroatoms. The summed E-state index contributed by atoms with van der Waals surface area (Å²) in [4.78, 5) is 4.92. The Morgan fingerprint density at radius 3 is 3.00 bits per heavy atom. The molecule has 2 heterocycles. The van der Waals surface area contributed by atoms with E-state index in [9.17, 15) is 0 Å². The molecule has 1 fully saturated rings. The van der Waals surface area contributed by atoms with Crippen molar-refractivity contribution < 1.29 is 4.74 Å². The Balaban J connectivity index is 2.12. The van der Waals surface area contributed by atoms with Gasteiger partial charge < -0.3 is 15.8 Å². The maximum Gasteiger partial charge on any atom is 0.136 e. The predicted octanol–water partition coefficient (Wildman–Crippen LogP) is 2.17. The van der Waals surface area contributed by atoms with E-state index in [1.165, 1.54) is 6.42 Å². The summed E-state index contributed by atoms with van der Waals surface area (Å²) < 4.78 is 5.48. The molecule has 1 aromatic heterocycles. The molecule has 1 atom stereocenters. The number of pyridine rings is 1. The van der Waals surface area contributed by atoms with Crippen molar-refractivity contribution in [3.63, 3.8) is 0 Å². The lowest BCUT2D eigenvalue weighted by Gasteiger charge is -2.23. The molecule has 0 radical (unpaired) electrons. The molecule has 1 aliphatic rings. The Kier molecular flexibility index (Phi) is 4.71. The van der Waals surface area contributed by atoms with Crippen LogP contribution in [0.25, 0.3) is 0 Å². The minimum atomic E-state index is 0.396. The van der Waals surface area contributed by atoms with Crippen LogP contribution in [0.5, 0.6) is 0 Å². The van der Waals surface area contributed by atoms with Crippen molar-refractivity contribution in [3.05, 3.63) is 22.9 Å². The highest BCUT2D eigenvalue weighted by Crippen LogP contribution is 2.20. The topological polar surface area (TPSA) is 60.2 Å². The molecule has 3 N–H and O–H groups in total. The summed E-state index contributed by atoms with van der Waals surface area (Å²) >= 11 is 5.12. The number of anilines is 1. The molecule has 0 aromatic carbocycles. The monoisotopic (exact) mass is 279 g/mol. The molecule has 1 aliphatic heterocycles. The smallest absolute Gasteiger partial charge is 0.136 e. The quantitative estimate of drug-likeness (QED) is 0.827. The van der Waals surface area contributed by atoms with Crippen molar-refractivity contribution in [1.29, 1.82) is 0 Å². The van der Waals surface area contributed by atoms with Crippen LogP contribution in [0, 0.1) is 19.8 Å². The van der Waals surface area contributed by atoms with Gasteiger partial charge in [0.15, 0.2) is 0 Å². The average molecular weight is 279 g/mol. The fourth-order valence-corrected chi connectivity index (χ4v) is 2.74. The molecule has 19 heavy (non-hydrogen) atoms. The van der Waals surface area contributed by atoms with Crippen LogP contribution in [-0.2, 0) is 4.74 Å². The van der Waals surface area contributed by atoms with Gasteiger partial charge in [0.05, 0.1) is 12.2 Å². The number of hydrogen-bond donors (Lipinski definition) is 2. The molecule has 0 aliphatic carbocycles. The number of thiocarbonyl (C=S) groups is 1. The first-order valence-electron chi connectivity index (χ1n) is 6.67. The van der Waals surface area contributed by atoms with Gasteiger partial charge in [-0.3, -0.25) is 0 Å². The molecule has 0 saturated carbocycles. The Labute approximate surface area is 119 Å². The predicted molar refractivity (Wildman–Crippen MR) is 81.6 cm³/mol. The first kappa shape index (κ1) is 14.2. The van der Waals surface area contributed by atoms with Gasteiger partial charge in [0.2, 0.25) is 0 Å². The van der Waals surface area contributed by atoms with E-state index >= 15 is 0 Å². The second kappa shape index (κ2) is 6.30. The number of aromatic nitrogens is 1. The molecule has 104 valence electrons. The number of nitrogens with two attached hydrogens (primary N) is 1. The van der Waals surface area contributed by atoms with E-state index in [0.29, 0.717) is 10.9 Å². The zero-order valence-electron chi connectivity index (χ0n) is 11.5.